The van der Waals surface area contributed by atoms with Crippen LogP contribution in [0.25, 0.3) is 0 Å². The number of hydrogen-bond donors (Lipinski definition) is 1. The van der Waals surface area contributed by atoms with E-state index in [1.165, 1.54) is 4.90 Å². The van der Waals surface area contributed by atoms with Gasteiger partial charge in [0.15, 0.2) is 0 Å². The molecule has 2 aliphatic rings. The van der Waals surface area contributed by atoms with Gasteiger partial charge in [0.05, 0.1) is 6.04 Å². The Balaban J connectivity index is 2.23. The van der Waals surface area contributed by atoms with Gasteiger partial charge in [0, 0.05) is 5.75 Å². The Hall–Kier alpha value is -1.04. The van der Waals surface area contributed by atoms with Crippen molar-refractivity contribution in [2.24, 2.45) is 5.41 Å². The van der Waals surface area contributed by atoms with Crippen LogP contribution in [0.1, 0.15) is 26.2 Å². The molecule has 1 aliphatic carbocycles. The van der Waals surface area contributed by atoms with Crippen LogP contribution in [0.4, 0.5) is 4.79 Å². The summed E-state index contributed by atoms with van der Waals surface area (Å²) >= 11 is 1.59. The summed E-state index contributed by atoms with van der Waals surface area (Å²) < 4.78 is 0. The number of thioether (sulfide) groups is 1. The molecule has 1 aliphatic heterocycles. The van der Waals surface area contributed by atoms with Gasteiger partial charge in [-0.2, -0.15) is 11.8 Å². The SMILES string of the molecule is CCC(CSC)N1C(=O)NC(=O)C2(CC2)C1=O. The predicted octanol–water partition coefficient (Wildman–Crippen LogP) is 0.987. The molecular formula is C11H16N2O3S. The second-order valence-corrected chi connectivity index (χ2v) is 5.44. The number of nitrogens with zero attached hydrogens (tertiary/aromatic N) is 1. The van der Waals surface area contributed by atoms with Crippen molar-refractivity contribution >= 4 is 29.6 Å². The van der Waals surface area contributed by atoms with Crippen molar-refractivity contribution in [2.45, 2.75) is 32.2 Å². The van der Waals surface area contributed by atoms with Gasteiger partial charge in [-0.25, -0.2) is 4.79 Å². The number of hydrogen-bond acceptors (Lipinski definition) is 4. The fraction of sp³-hybridized carbons (Fsp3) is 0.727. The zero-order chi connectivity index (χ0) is 12.6. The van der Waals surface area contributed by atoms with Crippen molar-refractivity contribution in [3.05, 3.63) is 0 Å². The van der Waals surface area contributed by atoms with Gasteiger partial charge in [-0.1, -0.05) is 6.92 Å². The molecule has 1 saturated heterocycles. The monoisotopic (exact) mass is 256 g/mol. The first kappa shape index (κ1) is 12.4. The van der Waals surface area contributed by atoms with E-state index in [-0.39, 0.29) is 11.9 Å². The molecule has 0 aromatic carbocycles. The second-order valence-electron chi connectivity index (χ2n) is 4.53. The molecule has 1 heterocycles. The number of amides is 4. The molecule has 1 atom stereocenters. The Morgan fingerprint density at radius 2 is 2.06 bits per heavy atom. The Morgan fingerprint density at radius 3 is 2.53 bits per heavy atom. The summed E-state index contributed by atoms with van der Waals surface area (Å²) in [5.41, 5.74) is -0.917. The highest BCUT2D eigenvalue weighted by Gasteiger charge is 2.62. The fourth-order valence-electron chi connectivity index (χ4n) is 2.16. The summed E-state index contributed by atoms with van der Waals surface area (Å²) in [5.74, 6) is -0.00479. The summed E-state index contributed by atoms with van der Waals surface area (Å²) in [7, 11) is 0. The first-order valence-corrected chi connectivity index (χ1v) is 7.14. The average molecular weight is 256 g/mol. The summed E-state index contributed by atoms with van der Waals surface area (Å²) in [6.45, 7) is 1.94. The standard InChI is InChI=1S/C11H16N2O3S/c1-3-7(6-17-2)13-9(15)11(4-5-11)8(14)12-10(13)16/h7H,3-6H2,1-2H3,(H,12,14,16). The summed E-state index contributed by atoms with van der Waals surface area (Å²) in [5, 5.41) is 2.30. The zero-order valence-electron chi connectivity index (χ0n) is 9.99. The smallest absolute Gasteiger partial charge is 0.277 e. The van der Waals surface area contributed by atoms with Crippen LogP contribution in [0, 0.1) is 5.41 Å². The third-order valence-electron chi connectivity index (χ3n) is 3.45. The fourth-order valence-corrected chi connectivity index (χ4v) is 2.93. The lowest BCUT2D eigenvalue weighted by molar-refractivity contribution is -0.145. The molecule has 17 heavy (non-hydrogen) atoms. The van der Waals surface area contributed by atoms with Crippen molar-refractivity contribution in [2.75, 3.05) is 12.0 Å². The largest absolute Gasteiger partial charge is 0.331 e. The van der Waals surface area contributed by atoms with Gasteiger partial charge in [0.2, 0.25) is 11.8 Å². The lowest BCUT2D eigenvalue weighted by Crippen LogP contribution is -2.62. The lowest BCUT2D eigenvalue weighted by Gasteiger charge is -2.35. The van der Waals surface area contributed by atoms with Gasteiger partial charge < -0.3 is 0 Å². The number of carbonyl (C=O) groups is 3. The molecule has 2 fully saturated rings. The van der Waals surface area contributed by atoms with Crippen LogP contribution in [0.3, 0.4) is 0 Å². The van der Waals surface area contributed by atoms with Gasteiger partial charge in [-0.05, 0) is 25.5 Å². The minimum atomic E-state index is -0.917. The molecule has 2 rings (SSSR count). The molecule has 94 valence electrons. The molecule has 0 aromatic heterocycles. The molecule has 1 N–H and O–H groups in total. The maximum atomic E-state index is 12.2. The van der Waals surface area contributed by atoms with Crippen molar-refractivity contribution in [1.82, 2.24) is 10.2 Å². The van der Waals surface area contributed by atoms with E-state index >= 15 is 0 Å². The zero-order valence-corrected chi connectivity index (χ0v) is 10.8. The molecule has 1 saturated carbocycles. The third-order valence-corrected chi connectivity index (χ3v) is 4.17. The van der Waals surface area contributed by atoms with E-state index in [4.69, 9.17) is 0 Å². The minimum Gasteiger partial charge on any atom is -0.277 e. The number of imide groups is 2. The number of rotatable bonds is 4. The summed E-state index contributed by atoms with van der Waals surface area (Å²) in [4.78, 5) is 36.9. The Morgan fingerprint density at radius 1 is 1.41 bits per heavy atom. The summed E-state index contributed by atoms with van der Waals surface area (Å²) in [6.07, 6.45) is 3.78. The van der Waals surface area contributed by atoms with E-state index in [0.717, 1.165) is 0 Å². The molecule has 0 bridgehead atoms. The number of nitrogens with one attached hydrogen (secondary N) is 1. The maximum Gasteiger partial charge on any atom is 0.331 e. The average Bonchev–Trinajstić information content (AvgIpc) is 3.07. The Bertz CT molecular complexity index is 379. The van der Waals surface area contributed by atoms with Crippen LogP contribution >= 0.6 is 11.8 Å². The van der Waals surface area contributed by atoms with Crippen LogP contribution in [-0.4, -0.2) is 40.8 Å². The first-order valence-electron chi connectivity index (χ1n) is 5.75. The molecule has 0 radical (unpaired) electrons. The topological polar surface area (TPSA) is 66.5 Å². The molecule has 1 spiro atoms. The number of urea groups is 1. The minimum absolute atomic E-state index is 0.122. The maximum absolute atomic E-state index is 12.2. The van der Waals surface area contributed by atoms with E-state index in [1.807, 2.05) is 13.2 Å². The number of carbonyl (C=O) groups excluding carboxylic acids is 3. The van der Waals surface area contributed by atoms with E-state index in [9.17, 15) is 14.4 Å². The van der Waals surface area contributed by atoms with E-state index < -0.39 is 17.4 Å². The molecule has 1 unspecified atom stereocenters. The van der Waals surface area contributed by atoms with Crippen molar-refractivity contribution in [1.29, 1.82) is 0 Å². The van der Waals surface area contributed by atoms with Gasteiger partial charge >= 0.3 is 6.03 Å². The normalized spacial score (nSPS) is 23.9. The van der Waals surface area contributed by atoms with Crippen LogP contribution < -0.4 is 5.32 Å². The summed E-state index contributed by atoms with van der Waals surface area (Å²) in [6, 6.07) is -0.679. The van der Waals surface area contributed by atoms with E-state index in [0.29, 0.717) is 25.0 Å². The van der Waals surface area contributed by atoms with Crippen molar-refractivity contribution in [3.8, 4) is 0 Å². The Kier molecular flexibility index (Phi) is 3.16. The molecular weight excluding hydrogens is 240 g/mol. The molecule has 4 amide bonds. The number of barbiturate groups is 1. The first-order chi connectivity index (χ1) is 8.06. The quantitative estimate of drug-likeness (QED) is 0.762. The lowest BCUT2D eigenvalue weighted by atomic mass is 10.0. The predicted molar refractivity (Wildman–Crippen MR) is 64.5 cm³/mol. The van der Waals surface area contributed by atoms with Gasteiger partial charge in [0.1, 0.15) is 5.41 Å². The Labute approximate surface area is 104 Å². The second kappa shape index (κ2) is 4.33. The highest BCUT2D eigenvalue weighted by Crippen LogP contribution is 2.49. The van der Waals surface area contributed by atoms with Crippen molar-refractivity contribution in [3.63, 3.8) is 0 Å². The third kappa shape index (κ3) is 1.84. The molecule has 5 nitrogen and oxygen atoms in total. The van der Waals surface area contributed by atoms with Gasteiger partial charge in [-0.15, -0.1) is 0 Å². The van der Waals surface area contributed by atoms with E-state index in [2.05, 4.69) is 5.32 Å². The van der Waals surface area contributed by atoms with Gasteiger partial charge in [-0.3, -0.25) is 19.8 Å². The molecule has 0 aromatic rings. The van der Waals surface area contributed by atoms with Gasteiger partial charge in [0.25, 0.3) is 0 Å². The van der Waals surface area contributed by atoms with E-state index in [1.54, 1.807) is 11.8 Å². The van der Waals surface area contributed by atoms with Crippen LogP contribution in [0.15, 0.2) is 0 Å². The van der Waals surface area contributed by atoms with Crippen LogP contribution in [0.2, 0.25) is 0 Å². The van der Waals surface area contributed by atoms with Crippen LogP contribution in [-0.2, 0) is 9.59 Å². The van der Waals surface area contributed by atoms with Crippen LogP contribution in [0.5, 0.6) is 0 Å². The highest BCUT2D eigenvalue weighted by atomic mass is 32.2. The van der Waals surface area contributed by atoms with Crippen molar-refractivity contribution < 1.29 is 14.4 Å². The highest BCUT2D eigenvalue weighted by molar-refractivity contribution is 7.98. The molecule has 6 heteroatoms.